The molecule has 2 aromatic rings. The minimum atomic E-state index is -0.139. The predicted molar refractivity (Wildman–Crippen MR) is 85.5 cm³/mol. The number of hydrogen-bond acceptors (Lipinski definition) is 3. The van der Waals surface area contributed by atoms with Crippen molar-refractivity contribution in [2.75, 3.05) is 6.54 Å². The predicted octanol–water partition coefficient (Wildman–Crippen LogP) is 2.91. The molecule has 0 bridgehead atoms. The molecule has 0 aliphatic carbocycles. The molecule has 1 atom stereocenters. The van der Waals surface area contributed by atoms with E-state index in [1.54, 1.807) is 6.26 Å². The summed E-state index contributed by atoms with van der Waals surface area (Å²) >= 11 is 0. The highest BCUT2D eigenvalue weighted by molar-refractivity contribution is 5.84. The Labute approximate surface area is 130 Å². The normalized spacial score (nSPS) is 17.3. The number of fused-ring (bicyclic) bond motifs is 1. The van der Waals surface area contributed by atoms with Gasteiger partial charge in [-0.25, -0.2) is 0 Å². The zero-order valence-electron chi connectivity index (χ0n) is 13.1. The van der Waals surface area contributed by atoms with Gasteiger partial charge >= 0.3 is 0 Å². The summed E-state index contributed by atoms with van der Waals surface area (Å²) in [5.41, 5.74) is 3.69. The number of hydrogen-bond donors (Lipinski definition) is 2. The molecule has 2 heterocycles. The Bertz CT molecular complexity index is 647. The number of furan rings is 1. The van der Waals surface area contributed by atoms with Crippen LogP contribution in [-0.4, -0.2) is 12.5 Å². The number of benzene rings is 1. The Hall–Kier alpha value is -2.07. The van der Waals surface area contributed by atoms with E-state index >= 15 is 0 Å². The number of amides is 1. The van der Waals surface area contributed by atoms with Gasteiger partial charge in [-0.1, -0.05) is 32.0 Å². The van der Waals surface area contributed by atoms with E-state index in [1.807, 2.05) is 12.1 Å². The molecule has 1 aliphatic heterocycles. The third kappa shape index (κ3) is 3.07. The molecule has 0 radical (unpaired) electrons. The lowest BCUT2D eigenvalue weighted by Gasteiger charge is -2.26. The van der Waals surface area contributed by atoms with Gasteiger partial charge in [0.05, 0.1) is 18.7 Å². The average molecular weight is 298 g/mol. The van der Waals surface area contributed by atoms with Gasteiger partial charge in [0.25, 0.3) is 0 Å². The molecule has 1 aliphatic rings. The summed E-state index contributed by atoms with van der Waals surface area (Å²) in [4.78, 5) is 12.5. The largest absolute Gasteiger partial charge is 0.467 e. The fraction of sp³-hybridized carbons (Fsp3) is 0.389. The highest BCUT2D eigenvalue weighted by Crippen LogP contribution is 2.27. The van der Waals surface area contributed by atoms with Crippen molar-refractivity contribution in [3.63, 3.8) is 0 Å². The molecule has 0 saturated carbocycles. The Kier molecular flexibility index (Phi) is 4.29. The highest BCUT2D eigenvalue weighted by Gasteiger charge is 2.26. The summed E-state index contributed by atoms with van der Waals surface area (Å²) in [7, 11) is 0. The van der Waals surface area contributed by atoms with Gasteiger partial charge < -0.3 is 15.1 Å². The van der Waals surface area contributed by atoms with Crippen molar-refractivity contribution < 1.29 is 9.21 Å². The lowest BCUT2D eigenvalue weighted by molar-refractivity contribution is -0.122. The van der Waals surface area contributed by atoms with Crippen LogP contribution < -0.4 is 10.6 Å². The van der Waals surface area contributed by atoms with Gasteiger partial charge in [-0.15, -0.1) is 0 Å². The van der Waals surface area contributed by atoms with Crippen LogP contribution in [0.15, 0.2) is 41.0 Å². The fourth-order valence-corrected chi connectivity index (χ4v) is 2.88. The van der Waals surface area contributed by atoms with E-state index in [4.69, 9.17) is 4.42 Å². The molecule has 1 amide bonds. The van der Waals surface area contributed by atoms with Crippen molar-refractivity contribution in [2.45, 2.75) is 38.8 Å². The third-order valence-electron chi connectivity index (χ3n) is 4.21. The summed E-state index contributed by atoms with van der Waals surface area (Å²) in [6.45, 7) is 6.31. The van der Waals surface area contributed by atoms with E-state index in [1.165, 1.54) is 11.1 Å². The van der Waals surface area contributed by atoms with Crippen LogP contribution in [0.3, 0.4) is 0 Å². The van der Waals surface area contributed by atoms with E-state index in [0.29, 0.717) is 19.0 Å². The smallest absolute Gasteiger partial charge is 0.229 e. The average Bonchev–Trinajstić information content (AvgIpc) is 3.04. The molecule has 0 fully saturated rings. The fourth-order valence-electron chi connectivity index (χ4n) is 2.88. The molecule has 1 aromatic carbocycles. The zero-order chi connectivity index (χ0) is 15.5. The second-order valence-corrected chi connectivity index (χ2v) is 6.09. The Morgan fingerprint density at radius 1 is 1.41 bits per heavy atom. The molecule has 116 valence electrons. The quantitative estimate of drug-likeness (QED) is 0.912. The van der Waals surface area contributed by atoms with E-state index < -0.39 is 0 Å². The SMILES string of the molecule is CC(C)c1ccc2c(c1)CNCC2C(=O)NCc1ccco1. The van der Waals surface area contributed by atoms with Crippen LogP contribution >= 0.6 is 0 Å². The van der Waals surface area contributed by atoms with Crippen molar-refractivity contribution in [3.8, 4) is 0 Å². The molecule has 2 N–H and O–H groups in total. The minimum Gasteiger partial charge on any atom is -0.467 e. The van der Waals surface area contributed by atoms with E-state index in [9.17, 15) is 4.79 Å². The van der Waals surface area contributed by atoms with Gasteiger partial charge in [-0.3, -0.25) is 4.79 Å². The van der Waals surface area contributed by atoms with Gasteiger partial charge in [0.2, 0.25) is 5.91 Å². The summed E-state index contributed by atoms with van der Waals surface area (Å²) in [6.07, 6.45) is 1.62. The summed E-state index contributed by atoms with van der Waals surface area (Å²) in [5, 5.41) is 6.31. The molecule has 3 rings (SSSR count). The van der Waals surface area contributed by atoms with Crippen molar-refractivity contribution in [3.05, 3.63) is 59.0 Å². The molecule has 1 unspecified atom stereocenters. The molecule has 0 saturated heterocycles. The van der Waals surface area contributed by atoms with Crippen molar-refractivity contribution in [1.82, 2.24) is 10.6 Å². The Morgan fingerprint density at radius 2 is 2.27 bits per heavy atom. The first-order valence-electron chi connectivity index (χ1n) is 7.78. The van der Waals surface area contributed by atoms with Gasteiger partial charge in [0, 0.05) is 13.1 Å². The molecule has 0 spiro atoms. The minimum absolute atomic E-state index is 0.0437. The second-order valence-electron chi connectivity index (χ2n) is 6.09. The lowest BCUT2D eigenvalue weighted by Crippen LogP contribution is -2.38. The maximum atomic E-state index is 12.5. The molecule has 4 nitrogen and oxygen atoms in total. The molecular weight excluding hydrogens is 276 g/mol. The maximum Gasteiger partial charge on any atom is 0.229 e. The first kappa shape index (κ1) is 14.9. The topological polar surface area (TPSA) is 54.3 Å². The monoisotopic (exact) mass is 298 g/mol. The Balaban J connectivity index is 1.74. The Morgan fingerprint density at radius 3 is 3.00 bits per heavy atom. The first-order chi connectivity index (χ1) is 10.6. The highest BCUT2D eigenvalue weighted by atomic mass is 16.3. The van der Waals surface area contributed by atoms with Crippen molar-refractivity contribution >= 4 is 5.91 Å². The number of carbonyl (C=O) groups is 1. The third-order valence-corrected chi connectivity index (χ3v) is 4.21. The van der Waals surface area contributed by atoms with E-state index in [-0.39, 0.29) is 11.8 Å². The maximum absolute atomic E-state index is 12.5. The molecule has 1 aromatic heterocycles. The number of nitrogens with one attached hydrogen (secondary N) is 2. The van der Waals surface area contributed by atoms with E-state index in [2.05, 4.69) is 42.7 Å². The molecule has 4 heteroatoms. The standard InChI is InChI=1S/C18H22N2O2/c1-12(2)13-5-6-16-14(8-13)9-19-11-17(16)18(21)20-10-15-4-3-7-22-15/h3-8,12,17,19H,9-11H2,1-2H3,(H,20,21). The second kappa shape index (κ2) is 6.36. The lowest BCUT2D eigenvalue weighted by atomic mass is 9.87. The van der Waals surface area contributed by atoms with Crippen LogP contribution in [0.1, 0.15) is 48.1 Å². The summed E-state index contributed by atoms with van der Waals surface area (Å²) < 4.78 is 5.25. The zero-order valence-corrected chi connectivity index (χ0v) is 13.1. The first-order valence-corrected chi connectivity index (χ1v) is 7.78. The summed E-state index contributed by atoms with van der Waals surface area (Å²) in [6, 6.07) is 10.2. The van der Waals surface area contributed by atoms with Crippen LogP contribution in [-0.2, 0) is 17.9 Å². The van der Waals surface area contributed by atoms with Crippen LogP contribution in [0.4, 0.5) is 0 Å². The van der Waals surface area contributed by atoms with Crippen LogP contribution in [0.5, 0.6) is 0 Å². The van der Waals surface area contributed by atoms with Crippen LogP contribution in [0, 0.1) is 0 Å². The summed E-state index contributed by atoms with van der Waals surface area (Å²) in [5.74, 6) is 1.17. The molecule has 22 heavy (non-hydrogen) atoms. The van der Waals surface area contributed by atoms with Crippen LogP contribution in [0.25, 0.3) is 0 Å². The van der Waals surface area contributed by atoms with E-state index in [0.717, 1.165) is 17.9 Å². The van der Waals surface area contributed by atoms with Gasteiger partial charge in [-0.2, -0.15) is 0 Å². The van der Waals surface area contributed by atoms with Gasteiger partial charge in [0.1, 0.15) is 5.76 Å². The molecular formula is C18H22N2O2. The van der Waals surface area contributed by atoms with Crippen LogP contribution in [0.2, 0.25) is 0 Å². The van der Waals surface area contributed by atoms with Crippen molar-refractivity contribution in [2.24, 2.45) is 0 Å². The van der Waals surface area contributed by atoms with Crippen molar-refractivity contribution in [1.29, 1.82) is 0 Å². The van der Waals surface area contributed by atoms with Gasteiger partial charge in [-0.05, 0) is 34.7 Å². The van der Waals surface area contributed by atoms with Gasteiger partial charge in [0.15, 0.2) is 0 Å². The number of rotatable bonds is 4. The number of carbonyl (C=O) groups excluding carboxylic acids is 1.